The van der Waals surface area contributed by atoms with Crippen LogP contribution in [0.15, 0.2) is 0 Å². The molecule has 0 heterocycles. The number of methoxy groups -OCH3 is 1. The molecule has 0 rings (SSSR count). The van der Waals surface area contributed by atoms with Crippen LogP contribution in [0.25, 0.3) is 0 Å². The highest BCUT2D eigenvalue weighted by Gasteiger charge is 2.30. The van der Waals surface area contributed by atoms with Gasteiger partial charge in [-0.25, -0.2) is 0 Å². The molecule has 2 N–H and O–H groups in total. The van der Waals surface area contributed by atoms with Gasteiger partial charge in [-0.3, -0.25) is 9.59 Å². The Labute approximate surface area is 110 Å². The van der Waals surface area contributed by atoms with Crippen LogP contribution in [0.4, 0.5) is 0 Å². The van der Waals surface area contributed by atoms with Crippen LogP contribution in [-0.4, -0.2) is 37.1 Å². The van der Waals surface area contributed by atoms with E-state index < -0.39 is 5.41 Å². The predicted octanol–water partition coefficient (Wildman–Crippen LogP) is 1.08. The van der Waals surface area contributed by atoms with Gasteiger partial charge >= 0.3 is 5.97 Å². The summed E-state index contributed by atoms with van der Waals surface area (Å²) >= 11 is 0. The Morgan fingerprint density at radius 3 is 2.06 bits per heavy atom. The Morgan fingerprint density at radius 2 is 1.67 bits per heavy atom. The molecule has 0 aliphatic rings. The van der Waals surface area contributed by atoms with Crippen LogP contribution < -0.4 is 10.6 Å². The average molecular weight is 258 g/mol. The first-order chi connectivity index (χ1) is 7.99. The van der Waals surface area contributed by atoms with Crippen molar-refractivity contribution < 1.29 is 14.3 Å². The standard InChI is InChI=1S/C13H26N2O3/c1-9(10(16)15-12(2,3)4)14-8-13(5,6)11(17)18-7/h9,14H,8H2,1-7H3,(H,15,16). The van der Waals surface area contributed by atoms with E-state index in [1.165, 1.54) is 7.11 Å². The number of amides is 1. The van der Waals surface area contributed by atoms with E-state index >= 15 is 0 Å². The Hall–Kier alpha value is -1.10. The van der Waals surface area contributed by atoms with Gasteiger partial charge in [0, 0.05) is 12.1 Å². The number of ether oxygens (including phenoxy) is 1. The fraction of sp³-hybridized carbons (Fsp3) is 0.846. The lowest BCUT2D eigenvalue weighted by atomic mass is 9.93. The van der Waals surface area contributed by atoms with Crippen molar-refractivity contribution in [3.05, 3.63) is 0 Å². The van der Waals surface area contributed by atoms with Crippen molar-refractivity contribution in [3.8, 4) is 0 Å². The molecule has 0 aliphatic carbocycles. The minimum atomic E-state index is -0.648. The molecule has 0 saturated carbocycles. The summed E-state index contributed by atoms with van der Waals surface area (Å²) in [7, 11) is 1.36. The van der Waals surface area contributed by atoms with E-state index in [2.05, 4.69) is 10.6 Å². The van der Waals surface area contributed by atoms with E-state index in [-0.39, 0.29) is 23.5 Å². The Balaban J connectivity index is 4.30. The number of carbonyl (C=O) groups is 2. The molecule has 106 valence electrons. The predicted molar refractivity (Wildman–Crippen MR) is 71.2 cm³/mol. The molecular weight excluding hydrogens is 232 g/mol. The van der Waals surface area contributed by atoms with Crippen LogP contribution in [0.3, 0.4) is 0 Å². The van der Waals surface area contributed by atoms with E-state index in [1.54, 1.807) is 20.8 Å². The van der Waals surface area contributed by atoms with Gasteiger partial charge in [-0.1, -0.05) is 0 Å². The molecule has 18 heavy (non-hydrogen) atoms. The smallest absolute Gasteiger partial charge is 0.312 e. The molecular formula is C13H26N2O3. The van der Waals surface area contributed by atoms with Crippen LogP contribution in [0.5, 0.6) is 0 Å². The second-order valence-electron chi connectivity index (χ2n) is 6.22. The summed E-state index contributed by atoms with van der Waals surface area (Å²) in [6, 6.07) is -0.354. The van der Waals surface area contributed by atoms with Gasteiger partial charge in [-0.15, -0.1) is 0 Å². The molecule has 1 atom stereocenters. The first kappa shape index (κ1) is 16.9. The number of hydrogen-bond acceptors (Lipinski definition) is 4. The lowest BCUT2D eigenvalue weighted by Gasteiger charge is -2.27. The molecule has 0 fully saturated rings. The molecule has 0 aromatic rings. The summed E-state index contributed by atoms with van der Waals surface area (Å²) in [5.74, 6) is -0.374. The van der Waals surface area contributed by atoms with Crippen LogP contribution in [0.2, 0.25) is 0 Å². The molecule has 1 amide bonds. The third kappa shape index (κ3) is 6.00. The van der Waals surface area contributed by atoms with E-state index in [0.717, 1.165) is 0 Å². The van der Waals surface area contributed by atoms with Gasteiger partial charge in [0.2, 0.25) is 5.91 Å². The van der Waals surface area contributed by atoms with Gasteiger partial charge in [0.15, 0.2) is 0 Å². The molecule has 0 aromatic heterocycles. The Morgan fingerprint density at radius 1 is 1.17 bits per heavy atom. The highest BCUT2D eigenvalue weighted by Crippen LogP contribution is 2.15. The molecule has 0 bridgehead atoms. The van der Waals surface area contributed by atoms with Crippen LogP contribution >= 0.6 is 0 Å². The number of carbonyl (C=O) groups excluding carboxylic acids is 2. The van der Waals surface area contributed by atoms with Crippen molar-refractivity contribution in [2.75, 3.05) is 13.7 Å². The lowest BCUT2D eigenvalue weighted by Crippen LogP contribution is -2.51. The minimum absolute atomic E-state index is 0.0804. The second kappa shape index (κ2) is 6.18. The Bertz CT molecular complexity index is 306. The minimum Gasteiger partial charge on any atom is -0.469 e. The quantitative estimate of drug-likeness (QED) is 0.724. The number of esters is 1. The second-order valence-corrected chi connectivity index (χ2v) is 6.22. The van der Waals surface area contributed by atoms with E-state index in [0.29, 0.717) is 6.54 Å². The van der Waals surface area contributed by atoms with E-state index in [4.69, 9.17) is 4.74 Å². The van der Waals surface area contributed by atoms with Crippen LogP contribution in [0.1, 0.15) is 41.5 Å². The summed E-state index contributed by atoms with van der Waals surface area (Å²) in [4.78, 5) is 23.3. The van der Waals surface area contributed by atoms with Gasteiger partial charge in [0.05, 0.1) is 18.6 Å². The van der Waals surface area contributed by atoms with Gasteiger partial charge < -0.3 is 15.4 Å². The Kier molecular flexibility index (Phi) is 5.80. The molecule has 0 radical (unpaired) electrons. The average Bonchev–Trinajstić information content (AvgIpc) is 2.22. The number of rotatable bonds is 5. The van der Waals surface area contributed by atoms with Crippen molar-refractivity contribution in [1.82, 2.24) is 10.6 Å². The normalized spacial score (nSPS) is 13.9. The van der Waals surface area contributed by atoms with Crippen molar-refractivity contribution in [1.29, 1.82) is 0 Å². The summed E-state index contributed by atoms with van der Waals surface area (Å²) in [5.41, 5.74) is -0.907. The van der Waals surface area contributed by atoms with Gasteiger partial charge in [0.1, 0.15) is 0 Å². The maximum Gasteiger partial charge on any atom is 0.312 e. The monoisotopic (exact) mass is 258 g/mol. The number of hydrogen-bond donors (Lipinski definition) is 2. The zero-order valence-corrected chi connectivity index (χ0v) is 12.5. The maximum absolute atomic E-state index is 11.8. The van der Waals surface area contributed by atoms with Crippen LogP contribution in [-0.2, 0) is 14.3 Å². The first-order valence-electron chi connectivity index (χ1n) is 6.13. The summed E-state index contributed by atoms with van der Waals surface area (Å²) < 4.78 is 4.71. The van der Waals surface area contributed by atoms with Gasteiger partial charge in [-0.2, -0.15) is 0 Å². The fourth-order valence-electron chi connectivity index (χ4n) is 1.33. The zero-order valence-electron chi connectivity index (χ0n) is 12.5. The first-order valence-corrected chi connectivity index (χ1v) is 6.13. The fourth-order valence-corrected chi connectivity index (χ4v) is 1.33. The zero-order chi connectivity index (χ0) is 14.6. The molecule has 0 spiro atoms. The van der Waals surface area contributed by atoms with Gasteiger partial charge in [-0.05, 0) is 41.5 Å². The highest BCUT2D eigenvalue weighted by atomic mass is 16.5. The largest absolute Gasteiger partial charge is 0.469 e. The lowest BCUT2D eigenvalue weighted by molar-refractivity contribution is -0.150. The summed E-state index contributed by atoms with van der Waals surface area (Å²) in [6.07, 6.45) is 0. The molecule has 0 saturated heterocycles. The van der Waals surface area contributed by atoms with E-state index in [1.807, 2.05) is 20.8 Å². The molecule has 5 heteroatoms. The summed E-state index contributed by atoms with van der Waals surface area (Å²) in [5, 5.41) is 5.93. The molecule has 1 unspecified atom stereocenters. The molecule has 0 aromatic carbocycles. The third-order valence-corrected chi connectivity index (χ3v) is 2.48. The van der Waals surface area contributed by atoms with Crippen molar-refractivity contribution in [2.24, 2.45) is 5.41 Å². The molecule has 5 nitrogen and oxygen atoms in total. The SMILES string of the molecule is COC(=O)C(C)(C)CNC(C)C(=O)NC(C)(C)C. The van der Waals surface area contributed by atoms with Crippen molar-refractivity contribution >= 4 is 11.9 Å². The maximum atomic E-state index is 11.8. The van der Waals surface area contributed by atoms with Gasteiger partial charge in [0.25, 0.3) is 0 Å². The van der Waals surface area contributed by atoms with Crippen molar-refractivity contribution in [2.45, 2.75) is 53.1 Å². The third-order valence-electron chi connectivity index (χ3n) is 2.48. The van der Waals surface area contributed by atoms with Crippen molar-refractivity contribution in [3.63, 3.8) is 0 Å². The van der Waals surface area contributed by atoms with E-state index in [9.17, 15) is 9.59 Å². The molecule has 0 aliphatic heterocycles. The highest BCUT2D eigenvalue weighted by molar-refractivity contribution is 5.82. The topological polar surface area (TPSA) is 67.4 Å². The summed E-state index contributed by atoms with van der Waals surface area (Å²) in [6.45, 7) is 11.5. The number of nitrogens with one attached hydrogen (secondary N) is 2. The van der Waals surface area contributed by atoms with Crippen LogP contribution in [0, 0.1) is 5.41 Å².